The lowest BCUT2D eigenvalue weighted by Gasteiger charge is -2.05. The molecule has 0 atom stereocenters. The second-order valence-corrected chi connectivity index (χ2v) is 4.82. The average molecular weight is 282 g/mol. The highest BCUT2D eigenvalue weighted by atomic mass is 35.5. The fourth-order valence-corrected chi connectivity index (χ4v) is 2.20. The Morgan fingerprint density at radius 2 is 1.70 bits per heavy atom. The Bertz CT molecular complexity index is 756. The van der Waals surface area contributed by atoms with E-state index < -0.39 is 0 Å². The smallest absolute Gasteiger partial charge is 0.178 e. The van der Waals surface area contributed by atoms with Crippen LogP contribution in [0.1, 0.15) is 5.69 Å². The summed E-state index contributed by atoms with van der Waals surface area (Å²) in [6, 6.07) is 15.3. The van der Waals surface area contributed by atoms with E-state index in [9.17, 15) is 0 Å². The topological polar surface area (TPSA) is 38.7 Å². The Morgan fingerprint density at radius 3 is 2.50 bits per heavy atom. The van der Waals surface area contributed by atoms with E-state index in [1.165, 1.54) is 0 Å². The monoisotopic (exact) mass is 281 g/mol. The maximum Gasteiger partial charge on any atom is 0.178 e. The summed E-state index contributed by atoms with van der Waals surface area (Å²) < 4.78 is 0. The minimum absolute atomic E-state index is 0.603. The van der Waals surface area contributed by atoms with Crippen LogP contribution in [0.2, 0.25) is 5.02 Å². The van der Waals surface area contributed by atoms with Crippen molar-refractivity contribution in [3.63, 3.8) is 0 Å². The van der Waals surface area contributed by atoms with E-state index in [0.717, 1.165) is 22.6 Å². The first-order valence-corrected chi connectivity index (χ1v) is 6.64. The molecule has 0 saturated heterocycles. The highest BCUT2D eigenvalue weighted by molar-refractivity contribution is 6.33. The molecule has 0 bridgehead atoms. The zero-order chi connectivity index (χ0) is 13.9. The molecule has 0 aliphatic rings. The van der Waals surface area contributed by atoms with Gasteiger partial charge in [0.05, 0.1) is 5.69 Å². The molecule has 2 aromatic heterocycles. The largest absolute Gasteiger partial charge is 0.250 e. The van der Waals surface area contributed by atoms with Crippen LogP contribution in [0.3, 0.4) is 0 Å². The molecular weight excluding hydrogens is 270 g/mol. The van der Waals surface area contributed by atoms with Crippen molar-refractivity contribution in [1.82, 2.24) is 15.0 Å². The van der Waals surface area contributed by atoms with Gasteiger partial charge in [0.1, 0.15) is 5.69 Å². The van der Waals surface area contributed by atoms with Crippen molar-refractivity contribution in [2.24, 2.45) is 0 Å². The first kappa shape index (κ1) is 12.8. The van der Waals surface area contributed by atoms with Crippen molar-refractivity contribution in [2.75, 3.05) is 0 Å². The Kier molecular flexibility index (Phi) is 3.44. The minimum atomic E-state index is 0.603. The number of aromatic nitrogens is 3. The van der Waals surface area contributed by atoms with Gasteiger partial charge in [0.2, 0.25) is 0 Å². The molecule has 20 heavy (non-hydrogen) atoms. The number of nitrogens with zero attached hydrogens (tertiary/aromatic N) is 3. The van der Waals surface area contributed by atoms with Gasteiger partial charge in [0, 0.05) is 22.5 Å². The molecule has 4 heteroatoms. The van der Waals surface area contributed by atoms with E-state index in [-0.39, 0.29) is 0 Å². The first-order chi connectivity index (χ1) is 9.74. The fraction of sp³-hybridized carbons (Fsp3) is 0.0625. The predicted molar refractivity (Wildman–Crippen MR) is 80.4 cm³/mol. The Balaban J connectivity index is 2.09. The Labute approximate surface area is 122 Å². The van der Waals surface area contributed by atoms with Gasteiger partial charge in [0.25, 0.3) is 0 Å². The number of pyridine rings is 1. The van der Waals surface area contributed by atoms with Crippen molar-refractivity contribution < 1.29 is 0 Å². The highest BCUT2D eigenvalue weighted by Gasteiger charge is 2.08. The predicted octanol–water partition coefficient (Wildman–Crippen LogP) is 4.17. The summed E-state index contributed by atoms with van der Waals surface area (Å²) in [7, 11) is 0. The third-order valence-corrected chi connectivity index (χ3v) is 3.25. The summed E-state index contributed by atoms with van der Waals surface area (Å²) in [4.78, 5) is 13.3. The number of hydrogen-bond donors (Lipinski definition) is 0. The molecule has 3 nitrogen and oxygen atoms in total. The normalized spacial score (nSPS) is 10.5. The Morgan fingerprint density at radius 1 is 0.850 bits per heavy atom. The second kappa shape index (κ2) is 5.39. The lowest BCUT2D eigenvalue weighted by atomic mass is 10.1. The molecule has 3 aromatic rings. The van der Waals surface area contributed by atoms with Gasteiger partial charge in [-0.05, 0) is 31.2 Å². The van der Waals surface area contributed by atoms with Crippen molar-refractivity contribution in [3.8, 4) is 22.8 Å². The number of benzene rings is 1. The zero-order valence-corrected chi connectivity index (χ0v) is 11.7. The van der Waals surface area contributed by atoms with Crippen LogP contribution in [-0.4, -0.2) is 15.0 Å². The quantitative estimate of drug-likeness (QED) is 0.708. The summed E-state index contributed by atoms with van der Waals surface area (Å²) in [6.45, 7) is 1.95. The molecule has 2 heterocycles. The molecule has 0 unspecified atom stereocenters. The highest BCUT2D eigenvalue weighted by Crippen LogP contribution is 2.26. The van der Waals surface area contributed by atoms with Crippen LogP contribution >= 0.6 is 11.6 Å². The molecule has 0 amide bonds. The lowest BCUT2D eigenvalue weighted by Crippen LogP contribution is -1.94. The molecule has 0 saturated carbocycles. The average Bonchev–Trinajstić information content (AvgIpc) is 2.48. The SMILES string of the molecule is Cc1cccc(-c2nccc(-c3ccccc3Cl)n2)n1. The maximum atomic E-state index is 6.21. The minimum Gasteiger partial charge on any atom is -0.250 e. The van der Waals surface area contributed by atoms with Crippen molar-refractivity contribution >= 4 is 11.6 Å². The molecule has 1 aromatic carbocycles. The lowest BCUT2D eigenvalue weighted by molar-refractivity contribution is 1.12. The summed E-state index contributed by atoms with van der Waals surface area (Å²) in [5.74, 6) is 0.603. The third kappa shape index (κ3) is 2.53. The Hall–Kier alpha value is -2.26. The molecule has 0 aliphatic carbocycles. The van der Waals surface area contributed by atoms with Gasteiger partial charge < -0.3 is 0 Å². The first-order valence-electron chi connectivity index (χ1n) is 6.26. The maximum absolute atomic E-state index is 6.21. The van der Waals surface area contributed by atoms with E-state index in [2.05, 4.69) is 15.0 Å². The van der Waals surface area contributed by atoms with E-state index in [1.807, 2.05) is 55.5 Å². The van der Waals surface area contributed by atoms with Crippen molar-refractivity contribution in [2.45, 2.75) is 6.92 Å². The van der Waals surface area contributed by atoms with Crippen LogP contribution in [0.25, 0.3) is 22.8 Å². The summed E-state index contributed by atoms with van der Waals surface area (Å²) >= 11 is 6.21. The summed E-state index contributed by atoms with van der Waals surface area (Å²) in [5.41, 5.74) is 3.39. The molecule has 0 spiro atoms. The molecule has 98 valence electrons. The van der Waals surface area contributed by atoms with Gasteiger partial charge in [-0.15, -0.1) is 0 Å². The number of hydrogen-bond acceptors (Lipinski definition) is 3. The van der Waals surface area contributed by atoms with Crippen LogP contribution in [0.5, 0.6) is 0 Å². The summed E-state index contributed by atoms with van der Waals surface area (Å²) in [5, 5.41) is 0.675. The zero-order valence-electron chi connectivity index (χ0n) is 10.9. The standard InChI is InChI=1S/C16H12ClN3/c1-11-5-4-8-15(19-11)16-18-10-9-14(20-16)12-6-2-3-7-13(12)17/h2-10H,1H3. The van der Waals surface area contributed by atoms with Crippen molar-refractivity contribution in [1.29, 1.82) is 0 Å². The van der Waals surface area contributed by atoms with E-state index in [1.54, 1.807) is 6.20 Å². The number of halogens is 1. The molecule has 0 fully saturated rings. The van der Waals surface area contributed by atoms with Gasteiger partial charge in [-0.25, -0.2) is 15.0 Å². The van der Waals surface area contributed by atoms with Gasteiger partial charge in [-0.2, -0.15) is 0 Å². The van der Waals surface area contributed by atoms with Gasteiger partial charge >= 0.3 is 0 Å². The molecule has 0 aliphatic heterocycles. The van der Waals surface area contributed by atoms with Crippen LogP contribution in [-0.2, 0) is 0 Å². The van der Waals surface area contributed by atoms with E-state index in [4.69, 9.17) is 11.6 Å². The van der Waals surface area contributed by atoms with Crippen LogP contribution in [0.4, 0.5) is 0 Å². The molecule has 0 radical (unpaired) electrons. The second-order valence-electron chi connectivity index (χ2n) is 4.41. The fourth-order valence-electron chi connectivity index (χ4n) is 1.97. The molecule has 3 rings (SSSR count). The third-order valence-electron chi connectivity index (χ3n) is 2.92. The number of rotatable bonds is 2. The van der Waals surface area contributed by atoms with Crippen LogP contribution in [0, 0.1) is 6.92 Å². The van der Waals surface area contributed by atoms with Gasteiger partial charge in [-0.1, -0.05) is 35.9 Å². The number of aryl methyl sites for hydroxylation is 1. The van der Waals surface area contributed by atoms with Crippen molar-refractivity contribution in [3.05, 3.63) is 65.4 Å². The van der Waals surface area contributed by atoms with Gasteiger partial charge in [-0.3, -0.25) is 0 Å². The van der Waals surface area contributed by atoms with Crippen LogP contribution in [0.15, 0.2) is 54.7 Å². The molecular formula is C16H12ClN3. The van der Waals surface area contributed by atoms with E-state index in [0.29, 0.717) is 10.8 Å². The van der Waals surface area contributed by atoms with Crippen LogP contribution < -0.4 is 0 Å². The molecule has 0 N–H and O–H groups in total. The van der Waals surface area contributed by atoms with E-state index >= 15 is 0 Å². The van der Waals surface area contributed by atoms with Gasteiger partial charge in [0.15, 0.2) is 5.82 Å². The summed E-state index contributed by atoms with van der Waals surface area (Å²) in [6.07, 6.45) is 1.73.